The molecule has 78 valence electrons. The van der Waals surface area contributed by atoms with Gasteiger partial charge in [-0.25, -0.2) is 4.98 Å². The van der Waals surface area contributed by atoms with E-state index in [4.69, 9.17) is 5.73 Å². The van der Waals surface area contributed by atoms with Crippen molar-refractivity contribution in [3.63, 3.8) is 0 Å². The van der Waals surface area contributed by atoms with Crippen molar-refractivity contribution >= 4 is 0 Å². The lowest BCUT2D eigenvalue weighted by molar-refractivity contribution is 0.550. The maximum absolute atomic E-state index is 5.76. The van der Waals surface area contributed by atoms with Crippen LogP contribution in [-0.4, -0.2) is 16.1 Å². The Hall–Kier alpha value is -0.830. The number of hydrogen-bond acceptors (Lipinski definition) is 2. The first-order valence-corrected chi connectivity index (χ1v) is 5.34. The van der Waals surface area contributed by atoms with Crippen molar-refractivity contribution in [1.29, 1.82) is 0 Å². The first kappa shape index (κ1) is 9.71. The van der Waals surface area contributed by atoms with Gasteiger partial charge >= 0.3 is 0 Å². The minimum absolute atomic E-state index is 0.340. The lowest BCUT2D eigenvalue weighted by Gasteiger charge is -2.05. The van der Waals surface area contributed by atoms with E-state index in [1.165, 1.54) is 5.82 Å². The highest BCUT2D eigenvalue weighted by Gasteiger charge is 2.59. The molecule has 1 saturated carbocycles. The molecule has 3 nitrogen and oxygen atoms in total. The van der Waals surface area contributed by atoms with Gasteiger partial charge in [0.15, 0.2) is 0 Å². The van der Waals surface area contributed by atoms with Crippen molar-refractivity contribution in [3.05, 3.63) is 18.2 Å². The van der Waals surface area contributed by atoms with Crippen molar-refractivity contribution in [2.45, 2.75) is 33.2 Å². The second-order valence-corrected chi connectivity index (χ2v) is 4.71. The summed E-state index contributed by atoms with van der Waals surface area (Å²) in [4.78, 5) is 4.45. The van der Waals surface area contributed by atoms with E-state index >= 15 is 0 Å². The number of nitrogens with zero attached hydrogens (tertiary/aromatic N) is 2. The van der Waals surface area contributed by atoms with Crippen LogP contribution in [0.3, 0.4) is 0 Å². The smallest absolute Gasteiger partial charge is 0.112 e. The Kier molecular flexibility index (Phi) is 2.14. The first-order valence-electron chi connectivity index (χ1n) is 5.34. The Labute approximate surface area is 85.3 Å². The largest absolute Gasteiger partial charge is 0.335 e. The van der Waals surface area contributed by atoms with Gasteiger partial charge in [0.05, 0.1) is 0 Å². The zero-order valence-corrected chi connectivity index (χ0v) is 9.20. The van der Waals surface area contributed by atoms with Crippen LogP contribution in [-0.2, 0) is 6.54 Å². The summed E-state index contributed by atoms with van der Waals surface area (Å²) >= 11 is 0. The number of nitrogens with two attached hydrogens (primary N) is 1. The molecule has 0 aliphatic heterocycles. The van der Waals surface area contributed by atoms with Crippen LogP contribution in [0.1, 0.15) is 32.5 Å². The number of imidazole rings is 1. The Balaban J connectivity index is 2.26. The molecule has 2 atom stereocenters. The van der Waals surface area contributed by atoms with E-state index in [1.807, 2.05) is 6.20 Å². The Morgan fingerprint density at radius 3 is 2.79 bits per heavy atom. The fourth-order valence-electron chi connectivity index (χ4n) is 2.56. The van der Waals surface area contributed by atoms with Gasteiger partial charge in [-0.2, -0.15) is 0 Å². The average Bonchev–Trinajstić information content (AvgIpc) is 2.55. The van der Waals surface area contributed by atoms with Crippen molar-refractivity contribution in [2.24, 2.45) is 17.1 Å². The van der Waals surface area contributed by atoms with Crippen LogP contribution in [0, 0.1) is 11.3 Å². The van der Waals surface area contributed by atoms with Crippen LogP contribution < -0.4 is 5.73 Å². The molecule has 0 spiro atoms. The second kappa shape index (κ2) is 3.09. The molecule has 0 amide bonds. The number of rotatable bonds is 3. The Morgan fingerprint density at radius 1 is 1.57 bits per heavy atom. The molecular weight excluding hydrogens is 174 g/mol. The normalized spacial score (nSPS) is 29.1. The first-order chi connectivity index (χ1) is 6.62. The number of hydrogen-bond donors (Lipinski definition) is 1. The van der Waals surface area contributed by atoms with Gasteiger partial charge in [0.2, 0.25) is 0 Å². The molecule has 1 fully saturated rings. The van der Waals surface area contributed by atoms with Crippen LogP contribution in [0.15, 0.2) is 12.4 Å². The maximum atomic E-state index is 5.76. The minimum atomic E-state index is 0.340. The zero-order valence-electron chi connectivity index (χ0n) is 9.20. The summed E-state index contributed by atoms with van der Waals surface area (Å²) in [6.07, 6.45) is 3.94. The molecule has 0 bridgehead atoms. The summed E-state index contributed by atoms with van der Waals surface area (Å²) in [5.41, 5.74) is 6.10. The molecule has 0 saturated heterocycles. The van der Waals surface area contributed by atoms with E-state index in [9.17, 15) is 0 Å². The van der Waals surface area contributed by atoms with Crippen molar-refractivity contribution in [1.82, 2.24) is 9.55 Å². The summed E-state index contributed by atoms with van der Waals surface area (Å²) < 4.78 is 2.22. The molecule has 1 heterocycles. The van der Waals surface area contributed by atoms with Gasteiger partial charge in [-0.05, 0) is 24.8 Å². The molecule has 0 radical (unpaired) electrons. The van der Waals surface area contributed by atoms with E-state index in [-0.39, 0.29) is 0 Å². The third-order valence-electron chi connectivity index (χ3n) is 3.67. The SMILES string of the molecule is CCn1ccnc1[C@@H]1[C@@H](CN)C1(C)C. The van der Waals surface area contributed by atoms with Gasteiger partial charge in [0.1, 0.15) is 5.82 Å². The molecule has 14 heavy (non-hydrogen) atoms. The molecule has 0 aromatic carbocycles. The number of aryl methyl sites for hydroxylation is 1. The topological polar surface area (TPSA) is 43.8 Å². The highest BCUT2D eigenvalue weighted by Crippen LogP contribution is 2.63. The minimum Gasteiger partial charge on any atom is -0.335 e. The van der Waals surface area contributed by atoms with Crippen LogP contribution in [0.5, 0.6) is 0 Å². The summed E-state index contributed by atoms with van der Waals surface area (Å²) in [5, 5.41) is 0. The predicted molar refractivity (Wildman–Crippen MR) is 57.0 cm³/mol. The van der Waals surface area contributed by atoms with Gasteiger partial charge in [-0.3, -0.25) is 0 Å². The van der Waals surface area contributed by atoms with Crippen LogP contribution >= 0.6 is 0 Å². The summed E-state index contributed by atoms with van der Waals surface area (Å²) in [6, 6.07) is 0. The van der Waals surface area contributed by atoms with Gasteiger partial charge in [-0.15, -0.1) is 0 Å². The predicted octanol–water partition coefficient (Wildman–Crippen LogP) is 1.60. The van der Waals surface area contributed by atoms with E-state index < -0.39 is 0 Å². The molecular formula is C11H19N3. The van der Waals surface area contributed by atoms with Gasteiger partial charge in [-0.1, -0.05) is 13.8 Å². The Morgan fingerprint density at radius 2 is 2.29 bits per heavy atom. The fraction of sp³-hybridized carbons (Fsp3) is 0.727. The molecule has 3 heteroatoms. The third kappa shape index (κ3) is 1.19. The molecule has 1 aliphatic rings. The molecule has 1 aromatic heterocycles. The molecule has 1 aliphatic carbocycles. The van der Waals surface area contributed by atoms with E-state index in [0.717, 1.165) is 13.1 Å². The fourth-order valence-corrected chi connectivity index (χ4v) is 2.56. The van der Waals surface area contributed by atoms with Crippen molar-refractivity contribution < 1.29 is 0 Å². The number of aromatic nitrogens is 2. The van der Waals surface area contributed by atoms with Crippen molar-refractivity contribution in [2.75, 3.05) is 6.54 Å². The van der Waals surface area contributed by atoms with E-state index in [2.05, 4.69) is 36.5 Å². The highest BCUT2D eigenvalue weighted by molar-refractivity contribution is 5.22. The average molecular weight is 193 g/mol. The van der Waals surface area contributed by atoms with Gasteiger partial charge in [0, 0.05) is 24.9 Å². The van der Waals surface area contributed by atoms with Crippen LogP contribution in [0.2, 0.25) is 0 Å². The molecule has 2 rings (SSSR count). The Bertz CT molecular complexity index is 327. The van der Waals surface area contributed by atoms with Gasteiger partial charge < -0.3 is 10.3 Å². The quantitative estimate of drug-likeness (QED) is 0.792. The third-order valence-corrected chi connectivity index (χ3v) is 3.67. The summed E-state index contributed by atoms with van der Waals surface area (Å²) in [6.45, 7) is 8.49. The van der Waals surface area contributed by atoms with E-state index in [0.29, 0.717) is 17.3 Å². The standard InChI is InChI=1S/C11H19N3/c1-4-14-6-5-13-10(14)9-8(7-12)11(9,2)3/h5-6,8-9H,4,7,12H2,1-3H3/t8-,9+/m1/s1. The second-order valence-electron chi connectivity index (χ2n) is 4.71. The van der Waals surface area contributed by atoms with Crippen LogP contribution in [0.4, 0.5) is 0 Å². The lowest BCUT2D eigenvalue weighted by Crippen LogP contribution is -2.06. The molecule has 2 N–H and O–H groups in total. The van der Waals surface area contributed by atoms with Gasteiger partial charge in [0.25, 0.3) is 0 Å². The van der Waals surface area contributed by atoms with E-state index in [1.54, 1.807) is 0 Å². The summed E-state index contributed by atoms with van der Waals surface area (Å²) in [7, 11) is 0. The highest BCUT2D eigenvalue weighted by atomic mass is 15.1. The summed E-state index contributed by atoms with van der Waals surface area (Å²) in [5.74, 6) is 2.38. The van der Waals surface area contributed by atoms with Crippen molar-refractivity contribution in [3.8, 4) is 0 Å². The molecule has 1 aromatic rings. The molecule has 0 unspecified atom stereocenters. The zero-order chi connectivity index (χ0) is 10.3. The van der Waals surface area contributed by atoms with Crippen LogP contribution in [0.25, 0.3) is 0 Å². The monoisotopic (exact) mass is 193 g/mol. The lowest BCUT2D eigenvalue weighted by atomic mass is 10.1. The maximum Gasteiger partial charge on any atom is 0.112 e.